The number of alkyl halides is 3. The molecular weight excluding hydrogens is 541 g/mol. The second kappa shape index (κ2) is 10.4. The molecule has 0 aliphatic heterocycles. The van der Waals surface area contributed by atoms with Crippen LogP contribution in [0.1, 0.15) is 36.3 Å². The van der Waals surface area contributed by atoms with Crippen LogP contribution in [0.15, 0.2) is 66.3 Å². The van der Waals surface area contributed by atoms with Gasteiger partial charge in [-0.2, -0.15) is 18.3 Å². The zero-order valence-electron chi connectivity index (χ0n) is 21.5. The van der Waals surface area contributed by atoms with E-state index >= 15 is 0 Å². The summed E-state index contributed by atoms with van der Waals surface area (Å²) in [6.07, 6.45) is -0.659. The molecule has 5 aromatic rings. The summed E-state index contributed by atoms with van der Waals surface area (Å²) in [6, 6.07) is 11.6. The lowest BCUT2D eigenvalue weighted by Gasteiger charge is -2.16. The standard InChI is InChI=1S/C28H25F3N6O2S/c1-27(2,39)8-10-37-14-18-11-22(20(13-21(18)36-37)16-3-5-19(6-4-16)28(29,30)31)34-25(38)23-15-40-26(35-23)17-7-9-33-24(32)12-17/h3-7,9,11-15,39H,8,10H2,1-2H3,(H2,32,33)(H,34,38). The number of nitrogens with two attached hydrogens (primary N) is 1. The topological polar surface area (TPSA) is 119 Å². The second-order valence-electron chi connectivity index (χ2n) is 9.95. The summed E-state index contributed by atoms with van der Waals surface area (Å²) >= 11 is 1.27. The average molecular weight is 567 g/mol. The molecule has 8 nitrogen and oxygen atoms in total. The van der Waals surface area contributed by atoms with Gasteiger partial charge in [0.1, 0.15) is 16.5 Å². The van der Waals surface area contributed by atoms with Crippen LogP contribution in [0.4, 0.5) is 24.7 Å². The molecule has 3 heterocycles. The Morgan fingerprint density at radius 1 is 1.10 bits per heavy atom. The van der Waals surface area contributed by atoms with Gasteiger partial charge in [-0.25, -0.2) is 9.97 Å². The molecule has 0 radical (unpaired) electrons. The molecule has 0 saturated heterocycles. The average Bonchev–Trinajstić information content (AvgIpc) is 3.53. The number of thiazole rings is 1. The normalized spacial score (nSPS) is 12.2. The van der Waals surface area contributed by atoms with E-state index in [1.807, 2.05) is 0 Å². The smallest absolute Gasteiger partial charge is 0.390 e. The van der Waals surface area contributed by atoms with Crippen molar-refractivity contribution < 1.29 is 23.1 Å². The number of fused-ring (bicyclic) bond motifs is 1. The van der Waals surface area contributed by atoms with Gasteiger partial charge >= 0.3 is 6.18 Å². The van der Waals surface area contributed by atoms with Crippen LogP contribution < -0.4 is 11.1 Å². The van der Waals surface area contributed by atoms with Gasteiger partial charge in [0.2, 0.25) is 0 Å². The number of halogens is 3. The van der Waals surface area contributed by atoms with Gasteiger partial charge in [-0.3, -0.25) is 9.48 Å². The van der Waals surface area contributed by atoms with Gasteiger partial charge in [-0.15, -0.1) is 11.3 Å². The van der Waals surface area contributed by atoms with Gasteiger partial charge in [-0.1, -0.05) is 12.1 Å². The minimum atomic E-state index is -4.47. The summed E-state index contributed by atoms with van der Waals surface area (Å²) in [5, 5.41) is 20.4. The Bertz CT molecular complexity index is 1690. The quantitative estimate of drug-likeness (QED) is 0.215. The van der Waals surface area contributed by atoms with E-state index in [2.05, 4.69) is 20.4 Å². The summed E-state index contributed by atoms with van der Waals surface area (Å²) in [5.74, 6) is -0.150. The SMILES string of the molecule is CC(C)(O)CCn1cc2cc(NC(=O)c3csc(-c4ccnc(N)c4)n3)c(-c3ccc(C(F)(F)F)cc3)cc2n1. The summed E-state index contributed by atoms with van der Waals surface area (Å²) < 4.78 is 41.2. The summed E-state index contributed by atoms with van der Waals surface area (Å²) in [5.41, 5.74) is 6.97. The van der Waals surface area contributed by atoms with Crippen LogP contribution >= 0.6 is 11.3 Å². The fourth-order valence-corrected chi connectivity index (χ4v) is 4.88. The van der Waals surface area contributed by atoms with Crippen molar-refractivity contribution in [2.45, 2.75) is 38.6 Å². The molecule has 206 valence electrons. The highest BCUT2D eigenvalue weighted by Crippen LogP contribution is 2.36. The van der Waals surface area contributed by atoms with E-state index in [9.17, 15) is 23.1 Å². The Hall–Kier alpha value is -4.29. The van der Waals surface area contributed by atoms with E-state index in [0.29, 0.717) is 51.5 Å². The first-order chi connectivity index (χ1) is 18.9. The van der Waals surface area contributed by atoms with E-state index in [1.165, 1.54) is 23.5 Å². The van der Waals surface area contributed by atoms with Crippen molar-refractivity contribution in [3.63, 3.8) is 0 Å². The molecule has 0 aliphatic carbocycles. The van der Waals surface area contributed by atoms with Gasteiger partial charge in [0.05, 0.1) is 16.7 Å². The van der Waals surface area contributed by atoms with Crippen LogP contribution in [-0.2, 0) is 12.7 Å². The van der Waals surface area contributed by atoms with E-state index < -0.39 is 23.2 Å². The zero-order valence-corrected chi connectivity index (χ0v) is 22.3. The number of pyridine rings is 1. The molecular formula is C28H25F3N6O2S. The highest BCUT2D eigenvalue weighted by molar-refractivity contribution is 7.13. The molecule has 0 atom stereocenters. The lowest BCUT2D eigenvalue weighted by Crippen LogP contribution is -2.21. The number of anilines is 2. The third-order valence-corrected chi connectivity index (χ3v) is 7.07. The maximum absolute atomic E-state index is 13.2. The summed E-state index contributed by atoms with van der Waals surface area (Å²) in [4.78, 5) is 21.6. The number of amides is 1. The molecule has 0 spiro atoms. The minimum absolute atomic E-state index is 0.176. The number of hydrogen-bond acceptors (Lipinski definition) is 7. The number of aliphatic hydroxyl groups is 1. The van der Waals surface area contributed by atoms with E-state index in [4.69, 9.17) is 5.73 Å². The first-order valence-electron chi connectivity index (χ1n) is 12.3. The number of carbonyl (C=O) groups is 1. The van der Waals surface area contributed by atoms with Crippen LogP contribution in [-0.4, -0.2) is 36.4 Å². The zero-order chi connectivity index (χ0) is 28.7. The van der Waals surface area contributed by atoms with E-state index in [0.717, 1.165) is 17.7 Å². The molecule has 0 unspecified atom stereocenters. The third kappa shape index (κ3) is 6.13. The predicted octanol–water partition coefficient (Wildman–Crippen LogP) is 6.24. The Kier molecular flexibility index (Phi) is 7.06. The molecule has 4 N–H and O–H groups in total. The number of nitrogens with one attached hydrogen (secondary N) is 1. The second-order valence-corrected chi connectivity index (χ2v) is 10.8. The fourth-order valence-electron chi connectivity index (χ4n) is 4.08. The Morgan fingerprint density at radius 3 is 2.52 bits per heavy atom. The van der Waals surface area contributed by atoms with Gasteiger partial charge in [0, 0.05) is 46.5 Å². The Balaban J connectivity index is 1.50. The number of aryl methyl sites for hydroxylation is 1. The van der Waals surface area contributed by atoms with Gasteiger partial charge < -0.3 is 16.2 Å². The highest BCUT2D eigenvalue weighted by atomic mass is 32.1. The van der Waals surface area contributed by atoms with Crippen molar-refractivity contribution in [2.75, 3.05) is 11.1 Å². The molecule has 40 heavy (non-hydrogen) atoms. The number of rotatable bonds is 7. The fraction of sp³-hybridized carbons (Fsp3) is 0.214. The molecule has 2 aromatic carbocycles. The molecule has 1 amide bonds. The molecule has 5 rings (SSSR count). The number of hydrogen-bond donors (Lipinski definition) is 3. The van der Waals surface area contributed by atoms with Gasteiger partial charge in [0.25, 0.3) is 5.91 Å². The minimum Gasteiger partial charge on any atom is -0.390 e. The molecule has 0 saturated carbocycles. The lowest BCUT2D eigenvalue weighted by molar-refractivity contribution is -0.137. The number of benzene rings is 2. The molecule has 3 aromatic heterocycles. The number of nitrogens with zero attached hydrogens (tertiary/aromatic N) is 4. The molecule has 0 bridgehead atoms. The van der Waals surface area contributed by atoms with Gasteiger partial charge in [0.15, 0.2) is 0 Å². The Morgan fingerprint density at radius 2 is 1.85 bits per heavy atom. The van der Waals surface area contributed by atoms with Crippen molar-refractivity contribution in [2.24, 2.45) is 0 Å². The third-order valence-electron chi connectivity index (χ3n) is 6.18. The lowest BCUT2D eigenvalue weighted by atomic mass is 10.00. The Labute approximate surface area is 231 Å². The van der Waals surface area contributed by atoms with Crippen molar-refractivity contribution in [1.29, 1.82) is 0 Å². The van der Waals surface area contributed by atoms with Gasteiger partial charge in [-0.05, 0) is 62.2 Å². The molecule has 0 fully saturated rings. The van der Waals surface area contributed by atoms with Crippen LogP contribution in [0.25, 0.3) is 32.6 Å². The molecule has 0 aliphatic rings. The molecule has 12 heteroatoms. The van der Waals surface area contributed by atoms with E-state index in [1.54, 1.807) is 60.6 Å². The summed E-state index contributed by atoms with van der Waals surface area (Å²) in [6.45, 7) is 3.87. The van der Waals surface area contributed by atoms with Crippen molar-refractivity contribution in [3.8, 4) is 21.7 Å². The number of aromatic nitrogens is 4. The first kappa shape index (κ1) is 27.3. The number of nitrogen functional groups attached to an aromatic ring is 1. The first-order valence-corrected chi connectivity index (χ1v) is 13.1. The number of carbonyl (C=O) groups excluding carboxylic acids is 1. The predicted molar refractivity (Wildman–Crippen MR) is 149 cm³/mol. The van der Waals surface area contributed by atoms with Crippen LogP contribution in [0.2, 0.25) is 0 Å². The largest absolute Gasteiger partial charge is 0.416 e. The van der Waals surface area contributed by atoms with Crippen molar-refractivity contribution >= 4 is 39.7 Å². The van der Waals surface area contributed by atoms with Crippen LogP contribution in [0.5, 0.6) is 0 Å². The van der Waals surface area contributed by atoms with Crippen molar-refractivity contribution in [1.82, 2.24) is 19.7 Å². The monoisotopic (exact) mass is 566 g/mol. The highest BCUT2D eigenvalue weighted by Gasteiger charge is 2.30. The van der Waals surface area contributed by atoms with Crippen LogP contribution in [0.3, 0.4) is 0 Å². The summed E-state index contributed by atoms with van der Waals surface area (Å²) in [7, 11) is 0. The van der Waals surface area contributed by atoms with Crippen LogP contribution in [0, 0.1) is 0 Å². The van der Waals surface area contributed by atoms with E-state index in [-0.39, 0.29) is 5.69 Å². The van der Waals surface area contributed by atoms with Crippen molar-refractivity contribution in [3.05, 3.63) is 77.6 Å². The maximum atomic E-state index is 13.2. The maximum Gasteiger partial charge on any atom is 0.416 e.